The minimum Gasteiger partial charge on any atom is -0.342 e. The first kappa shape index (κ1) is 23.6. The molecule has 0 spiro atoms. The van der Waals surface area contributed by atoms with Crippen molar-refractivity contribution in [3.05, 3.63) is 51.2 Å². The average molecular weight is 500 g/mol. The Balaban J connectivity index is 1.47. The number of nitrogens with zero attached hydrogens (tertiary/aromatic N) is 7. The van der Waals surface area contributed by atoms with Crippen molar-refractivity contribution in [2.24, 2.45) is 7.05 Å². The Labute approximate surface area is 204 Å². The van der Waals surface area contributed by atoms with E-state index in [1.54, 1.807) is 30.9 Å². The van der Waals surface area contributed by atoms with Gasteiger partial charge in [0.15, 0.2) is 22.3 Å². The number of aryl methyl sites for hydroxylation is 1. The van der Waals surface area contributed by atoms with Crippen LogP contribution in [0.3, 0.4) is 0 Å². The van der Waals surface area contributed by atoms with Gasteiger partial charge in [-0.05, 0) is 18.4 Å². The van der Waals surface area contributed by atoms with Crippen LogP contribution in [0.15, 0.2) is 24.9 Å². The Kier molecular flexibility index (Phi) is 6.28. The highest BCUT2D eigenvalue weighted by Crippen LogP contribution is 2.29. The van der Waals surface area contributed by atoms with E-state index in [4.69, 9.17) is 11.6 Å². The summed E-state index contributed by atoms with van der Waals surface area (Å²) in [6, 6.07) is 1.25. The molecule has 4 aromatic heterocycles. The molecule has 0 fully saturated rings. The molecule has 1 atom stereocenters. The number of nitrogens with one attached hydrogen (secondary N) is 2. The lowest BCUT2D eigenvalue weighted by molar-refractivity contribution is 0.0935. The summed E-state index contributed by atoms with van der Waals surface area (Å²) in [6.45, 7) is 7.76. The molecule has 0 radical (unpaired) electrons. The molecule has 0 aliphatic rings. The van der Waals surface area contributed by atoms with Gasteiger partial charge in [-0.1, -0.05) is 32.4 Å². The van der Waals surface area contributed by atoms with E-state index >= 15 is 0 Å². The van der Waals surface area contributed by atoms with Crippen LogP contribution in [-0.2, 0) is 12.5 Å². The minimum absolute atomic E-state index is 0.210. The van der Waals surface area contributed by atoms with Gasteiger partial charge >= 0.3 is 0 Å². The lowest BCUT2D eigenvalue weighted by Gasteiger charge is -2.20. The second-order valence-corrected chi connectivity index (χ2v) is 10.1. The number of anilines is 1. The third-order valence-electron chi connectivity index (χ3n) is 4.99. The van der Waals surface area contributed by atoms with E-state index in [-0.39, 0.29) is 17.0 Å². The summed E-state index contributed by atoms with van der Waals surface area (Å²) in [5, 5.41) is 14.3. The molecule has 4 rings (SSSR count). The number of rotatable bonds is 5. The van der Waals surface area contributed by atoms with Crippen LogP contribution in [0.4, 0.5) is 5.82 Å². The van der Waals surface area contributed by atoms with Gasteiger partial charge in [-0.15, -0.1) is 21.5 Å². The van der Waals surface area contributed by atoms with Crippen LogP contribution < -0.4 is 10.6 Å². The first-order valence-electron chi connectivity index (χ1n) is 10.3. The molecular formula is C21H22ClN9O2S. The lowest BCUT2D eigenvalue weighted by atomic mass is 9.88. The topological polar surface area (TPSA) is 140 Å². The van der Waals surface area contributed by atoms with Crippen LogP contribution in [-0.4, -0.2) is 46.5 Å². The van der Waals surface area contributed by atoms with Gasteiger partial charge in [0.2, 0.25) is 0 Å². The zero-order chi connectivity index (χ0) is 24.6. The zero-order valence-corrected chi connectivity index (χ0v) is 20.7. The summed E-state index contributed by atoms with van der Waals surface area (Å²) in [6.07, 6.45) is 4.32. The standard InChI is InChI=1S/C21H22ClN9O2S/c1-10(27-19(33)14-15-17(25-8-24-14)26-9-31(15)5)20-23-7-12(34-20)18(32)28-13-6-11(21(2,3)4)16(22)30-29-13/h6-10H,1-5H3,(H,27,33)(H,28,29,32). The van der Waals surface area contributed by atoms with Crippen molar-refractivity contribution >= 4 is 51.7 Å². The number of imidazole rings is 1. The molecular weight excluding hydrogens is 478 g/mol. The van der Waals surface area contributed by atoms with Gasteiger partial charge in [-0.3, -0.25) is 9.59 Å². The normalized spacial score (nSPS) is 12.5. The molecule has 2 N–H and O–H groups in total. The number of amides is 2. The summed E-state index contributed by atoms with van der Waals surface area (Å²) in [7, 11) is 1.76. The number of hydrogen-bond acceptors (Lipinski definition) is 9. The van der Waals surface area contributed by atoms with E-state index in [0.717, 1.165) is 16.9 Å². The molecule has 11 nitrogen and oxygen atoms in total. The van der Waals surface area contributed by atoms with E-state index in [1.807, 2.05) is 20.8 Å². The fraction of sp³-hybridized carbons (Fsp3) is 0.333. The van der Waals surface area contributed by atoms with Gasteiger partial charge in [-0.2, -0.15) is 0 Å². The highest BCUT2D eigenvalue weighted by molar-refractivity contribution is 7.13. The van der Waals surface area contributed by atoms with Crippen LogP contribution in [0.2, 0.25) is 5.15 Å². The molecule has 0 aliphatic carbocycles. The highest BCUT2D eigenvalue weighted by Gasteiger charge is 2.23. The van der Waals surface area contributed by atoms with Gasteiger partial charge in [0.05, 0.1) is 18.6 Å². The molecule has 1 unspecified atom stereocenters. The number of aromatic nitrogens is 7. The van der Waals surface area contributed by atoms with Gasteiger partial charge in [0.1, 0.15) is 21.7 Å². The molecule has 13 heteroatoms. The minimum atomic E-state index is -0.458. The highest BCUT2D eigenvalue weighted by atomic mass is 35.5. The first-order valence-corrected chi connectivity index (χ1v) is 11.5. The fourth-order valence-corrected chi connectivity index (χ4v) is 4.41. The summed E-state index contributed by atoms with van der Waals surface area (Å²) < 4.78 is 1.69. The predicted octanol–water partition coefficient (Wildman–Crippen LogP) is 3.30. The molecule has 176 valence electrons. The zero-order valence-electron chi connectivity index (χ0n) is 19.1. The largest absolute Gasteiger partial charge is 0.342 e. The molecule has 0 aromatic carbocycles. The van der Waals surface area contributed by atoms with Crippen molar-refractivity contribution in [3.63, 3.8) is 0 Å². The van der Waals surface area contributed by atoms with Crippen molar-refractivity contribution in [2.45, 2.75) is 39.2 Å². The van der Waals surface area contributed by atoms with Gasteiger partial charge in [-0.25, -0.2) is 19.9 Å². The Hall–Kier alpha value is -3.51. The number of carbonyl (C=O) groups is 2. The predicted molar refractivity (Wildman–Crippen MR) is 128 cm³/mol. The number of hydrogen-bond donors (Lipinski definition) is 2. The van der Waals surface area contributed by atoms with Crippen molar-refractivity contribution in [2.75, 3.05) is 5.32 Å². The summed E-state index contributed by atoms with van der Waals surface area (Å²) >= 11 is 7.32. The fourth-order valence-electron chi connectivity index (χ4n) is 3.22. The summed E-state index contributed by atoms with van der Waals surface area (Å²) in [4.78, 5) is 42.6. The van der Waals surface area contributed by atoms with E-state index < -0.39 is 11.9 Å². The van der Waals surface area contributed by atoms with Crippen LogP contribution in [0, 0.1) is 0 Å². The monoisotopic (exact) mass is 499 g/mol. The second-order valence-electron chi connectivity index (χ2n) is 8.65. The molecule has 0 aliphatic heterocycles. The Morgan fingerprint density at radius 3 is 2.62 bits per heavy atom. The Morgan fingerprint density at radius 2 is 1.88 bits per heavy atom. The first-order chi connectivity index (χ1) is 16.0. The van der Waals surface area contributed by atoms with E-state index in [9.17, 15) is 9.59 Å². The maximum atomic E-state index is 12.8. The van der Waals surface area contributed by atoms with Crippen LogP contribution >= 0.6 is 22.9 Å². The van der Waals surface area contributed by atoms with Crippen molar-refractivity contribution < 1.29 is 9.59 Å². The summed E-state index contributed by atoms with van der Waals surface area (Å²) in [5.74, 6) is -0.485. The number of halogens is 1. The molecule has 0 saturated heterocycles. The number of carbonyl (C=O) groups excluding carboxylic acids is 2. The number of fused-ring (bicyclic) bond motifs is 1. The van der Waals surface area contributed by atoms with E-state index in [2.05, 4.69) is 40.8 Å². The number of thiazole rings is 1. The third-order valence-corrected chi connectivity index (χ3v) is 6.45. The van der Waals surface area contributed by atoms with E-state index in [1.165, 1.54) is 12.5 Å². The van der Waals surface area contributed by atoms with Gasteiger partial charge < -0.3 is 15.2 Å². The van der Waals surface area contributed by atoms with Crippen LogP contribution in [0.25, 0.3) is 11.2 Å². The van der Waals surface area contributed by atoms with Crippen LogP contribution in [0.5, 0.6) is 0 Å². The smallest absolute Gasteiger partial charge is 0.272 e. The average Bonchev–Trinajstić information content (AvgIpc) is 3.42. The SMILES string of the molecule is CC(NC(=O)c1ncnc2ncn(C)c12)c1ncc(C(=O)Nc2cc(C(C)(C)C)c(Cl)nn2)s1. The van der Waals surface area contributed by atoms with Crippen molar-refractivity contribution in [1.29, 1.82) is 0 Å². The van der Waals surface area contributed by atoms with Gasteiger partial charge in [0.25, 0.3) is 11.8 Å². The molecule has 0 bridgehead atoms. The molecule has 4 heterocycles. The lowest BCUT2D eigenvalue weighted by Crippen LogP contribution is -2.28. The van der Waals surface area contributed by atoms with Crippen molar-refractivity contribution in [1.82, 2.24) is 40.0 Å². The Morgan fingerprint density at radius 1 is 1.12 bits per heavy atom. The molecule has 2 amide bonds. The maximum Gasteiger partial charge on any atom is 0.272 e. The molecule has 4 aromatic rings. The molecule has 0 saturated carbocycles. The van der Waals surface area contributed by atoms with Crippen molar-refractivity contribution in [3.8, 4) is 0 Å². The van der Waals surface area contributed by atoms with E-state index in [0.29, 0.717) is 32.0 Å². The van der Waals surface area contributed by atoms with Crippen LogP contribution in [0.1, 0.15) is 64.5 Å². The summed E-state index contributed by atoms with van der Waals surface area (Å²) in [5.41, 5.74) is 1.69. The Bertz CT molecular complexity index is 1390. The third kappa shape index (κ3) is 4.73. The molecule has 34 heavy (non-hydrogen) atoms. The quantitative estimate of drug-likeness (QED) is 0.426. The maximum absolute atomic E-state index is 12.8. The van der Waals surface area contributed by atoms with Gasteiger partial charge in [0, 0.05) is 12.6 Å². The second kappa shape index (κ2) is 9.03.